The Labute approximate surface area is 161 Å². The first-order chi connectivity index (χ1) is 13.5. The summed E-state index contributed by atoms with van der Waals surface area (Å²) in [5, 5.41) is 21.2. The molecule has 2 N–H and O–H groups in total. The molecule has 0 atom stereocenters. The van der Waals surface area contributed by atoms with Crippen LogP contribution in [0.4, 0.5) is 0 Å². The third-order valence-corrected chi connectivity index (χ3v) is 4.47. The highest BCUT2D eigenvalue weighted by molar-refractivity contribution is 6.02. The SMILES string of the molecule is CC(C)n1ncc2c(C(=O)O)cc(/C=C/c3cccc(-c4cn[nH]c4)c3)nc21. The molecule has 140 valence electrons. The van der Waals surface area contributed by atoms with Gasteiger partial charge >= 0.3 is 5.97 Å². The van der Waals surface area contributed by atoms with Gasteiger partial charge < -0.3 is 5.11 Å². The lowest BCUT2D eigenvalue weighted by molar-refractivity contribution is 0.0699. The van der Waals surface area contributed by atoms with Crippen LogP contribution in [0.25, 0.3) is 34.3 Å². The van der Waals surface area contributed by atoms with E-state index in [4.69, 9.17) is 0 Å². The van der Waals surface area contributed by atoms with E-state index >= 15 is 0 Å². The maximum Gasteiger partial charge on any atom is 0.336 e. The summed E-state index contributed by atoms with van der Waals surface area (Å²) in [5.74, 6) is -0.993. The lowest BCUT2D eigenvalue weighted by atomic mass is 10.1. The number of nitrogens with one attached hydrogen (secondary N) is 1. The lowest BCUT2D eigenvalue weighted by Gasteiger charge is -2.07. The zero-order valence-electron chi connectivity index (χ0n) is 15.5. The number of fused-ring (bicyclic) bond motifs is 1. The molecule has 0 aliphatic carbocycles. The molecule has 0 spiro atoms. The summed E-state index contributed by atoms with van der Waals surface area (Å²) < 4.78 is 1.73. The van der Waals surface area contributed by atoms with Crippen LogP contribution in [0.3, 0.4) is 0 Å². The van der Waals surface area contributed by atoms with Gasteiger partial charge in [0.25, 0.3) is 0 Å². The lowest BCUT2D eigenvalue weighted by Crippen LogP contribution is -2.05. The molecule has 0 aliphatic heterocycles. The summed E-state index contributed by atoms with van der Waals surface area (Å²) in [5.41, 5.74) is 4.37. The Morgan fingerprint density at radius 2 is 2.04 bits per heavy atom. The van der Waals surface area contributed by atoms with Gasteiger partial charge in [0.05, 0.1) is 29.0 Å². The van der Waals surface area contributed by atoms with Crippen molar-refractivity contribution in [1.82, 2.24) is 25.0 Å². The van der Waals surface area contributed by atoms with Gasteiger partial charge in [0.15, 0.2) is 5.65 Å². The van der Waals surface area contributed by atoms with E-state index in [1.54, 1.807) is 23.1 Å². The fourth-order valence-corrected chi connectivity index (χ4v) is 3.09. The molecule has 4 rings (SSSR count). The van der Waals surface area contributed by atoms with Gasteiger partial charge in [0.2, 0.25) is 0 Å². The minimum absolute atomic E-state index is 0.0810. The van der Waals surface area contributed by atoms with Gasteiger partial charge in [0, 0.05) is 17.8 Å². The smallest absolute Gasteiger partial charge is 0.336 e. The third-order valence-electron chi connectivity index (χ3n) is 4.47. The average Bonchev–Trinajstić information content (AvgIpc) is 3.35. The van der Waals surface area contributed by atoms with Gasteiger partial charge in [-0.05, 0) is 43.2 Å². The third kappa shape index (κ3) is 3.29. The Balaban J connectivity index is 1.74. The monoisotopic (exact) mass is 373 g/mol. The van der Waals surface area contributed by atoms with Gasteiger partial charge in [-0.15, -0.1) is 0 Å². The van der Waals surface area contributed by atoms with E-state index in [0.717, 1.165) is 16.7 Å². The molecular formula is C21H19N5O2. The van der Waals surface area contributed by atoms with Gasteiger partial charge in [-0.3, -0.25) is 5.10 Å². The second-order valence-corrected chi connectivity index (χ2v) is 6.77. The minimum Gasteiger partial charge on any atom is -0.478 e. The molecule has 0 fully saturated rings. The van der Waals surface area contributed by atoms with Crippen molar-refractivity contribution in [2.75, 3.05) is 0 Å². The Hall–Kier alpha value is -3.74. The highest BCUT2D eigenvalue weighted by Gasteiger charge is 2.16. The number of nitrogens with zero attached hydrogens (tertiary/aromatic N) is 4. The van der Waals surface area contributed by atoms with Crippen molar-refractivity contribution in [3.63, 3.8) is 0 Å². The Kier molecular flexibility index (Phi) is 4.49. The van der Waals surface area contributed by atoms with Crippen LogP contribution in [0.15, 0.2) is 48.9 Å². The van der Waals surface area contributed by atoms with Crippen LogP contribution in [-0.2, 0) is 0 Å². The first kappa shape index (κ1) is 17.7. The second-order valence-electron chi connectivity index (χ2n) is 6.77. The number of hydrogen-bond acceptors (Lipinski definition) is 4. The molecule has 3 heterocycles. The molecule has 1 aromatic carbocycles. The van der Waals surface area contributed by atoms with Crippen molar-refractivity contribution in [3.8, 4) is 11.1 Å². The number of aromatic amines is 1. The molecule has 0 saturated heterocycles. The summed E-state index contributed by atoms with van der Waals surface area (Å²) in [7, 11) is 0. The topological polar surface area (TPSA) is 96.7 Å². The number of carboxylic acid groups (broad SMARTS) is 1. The fraction of sp³-hybridized carbons (Fsp3) is 0.143. The number of H-pyrrole nitrogens is 1. The molecule has 0 radical (unpaired) electrons. The Morgan fingerprint density at radius 3 is 2.75 bits per heavy atom. The summed E-state index contributed by atoms with van der Waals surface area (Å²) in [6.45, 7) is 3.97. The van der Waals surface area contributed by atoms with Crippen LogP contribution in [0, 0.1) is 0 Å². The maximum atomic E-state index is 11.7. The van der Waals surface area contributed by atoms with Crippen molar-refractivity contribution < 1.29 is 9.90 Å². The highest BCUT2D eigenvalue weighted by Crippen LogP contribution is 2.23. The van der Waals surface area contributed by atoms with Crippen LogP contribution in [0.5, 0.6) is 0 Å². The molecule has 0 saturated carbocycles. The van der Waals surface area contributed by atoms with Gasteiger partial charge in [-0.25, -0.2) is 14.5 Å². The molecule has 4 aromatic rings. The first-order valence-electron chi connectivity index (χ1n) is 8.92. The number of carbonyl (C=O) groups is 1. The molecule has 0 aliphatic rings. The molecule has 0 bridgehead atoms. The van der Waals surface area contributed by atoms with Crippen LogP contribution < -0.4 is 0 Å². The van der Waals surface area contributed by atoms with Crippen LogP contribution in [0.2, 0.25) is 0 Å². The Bertz CT molecular complexity index is 1170. The number of carboxylic acids is 1. The van der Waals surface area contributed by atoms with Crippen molar-refractivity contribution >= 4 is 29.2 Å². The molecule has 7 nitrogen and oxygen atoms in total. The number of benzene rings is 1. The number of pyridine rings is 1. The molecule has 0 unspecified atom stereocenters. The fourth-order valence-electron chi connectivity index (χ4n) is 3.09. The standard InChI is InChI=1S/C21H19N5O2/c1-13(2)26-20-19(12-24-26)18(21(27)28)9-17(25-20)7-6-14-4-3-5-15(8-14)16-10-22-23-11-16/h3-13H,1-2H3,(H,22,23)(H,27,28)/b7-6+. The second kappa shape index (κ2) is 7.11. The predicted octanol–water partition coefficient (Wildman–Crippen LogP) is 4.27. The van der Waals surface area contributed by atoms with Gasteiger partial charge in [0.1, 0.15) is 0 Å². The Morgan fingerprint density at radius 1 is 1.18 bits per heavy atom. The normalized spacial score (nSPS) is 11.7. The van der Waals surface area contributed by atoms with Crippen molar-refractivity contribution in [1.29, 1.82) is 0 Å². The summed E-state index contributed by atoms with van der Waals surface area (Å²) in [6.07, 6.45) is 8.90. The number of hydrogen-bond donors (Lipinski definition) is 2. The molecule has 3 aromatic heterocycles. The summed E-state index contributed by atoms with van der Waals surface area (Å²) in [6, 6.07) is 9.65. The summed E-state index contributed by atoms with van der Waals surface area (Å²) >= 11 is 0. The van der Waals surface area contributed by atoms with E-state index in [-0.39, 0.29) is 11.6 Å². The quantitative estimate of drug-likeness (QED) is 0.544. The predicted molar refractivity (Wildman–Crippen MR) is 108 cm³/mol. The minimum atomic E-state index is -0.993. The summed E-state index contributed by atoms with van der Waals surface area (Å²) in [4.78, 5) is 16.3. The number of rotatable bonds is 5. The number of aromatic carboxylic acids is 1. The average molecular weight is 373 g/mol. The van der Waals surface area contributed by atoms with Gasteiger partial charge in [-0.1, -0.05) is 24.3 Å². The molecule has 28 heavy (non-hydrogen) atoms. The highest BCUT2D eigenvalue weighted by atomic mass is 16.4. The van der Waals surface area contributed by atoms with E-state index in [2.05, 4.69) is 20.3 Å². The van der Waals surface area contributed by atoms with Crippen LogP contribution in [-0.4, -0.2) is 36.0 Å². The van der Waals surface area contributed by atoms with E-state index in [1.807, 2.05) is 56.5 Å². The first-order valence-corrected chi connectivity index (χ1v) is 8.92. The van der Waals surface area contributed by atoms with Crippen molar-refractivity contribution in [2.45, 2.75) is 19.9 Å². The molecule has 0 amide bonds. The van der Waals surface area contributed by atoms with Gasteiger partial charge in [-0.2, -0.15) is 10.2 Å². The van der Waals surface area contributed by atoms with E-state index in [1.165, 1.54) is 0 Å². The van der Waals surface area contributed by atoms with E-state index in [0.29, 0.717) is 16.7 Å². The van der Waals surface area contributed by atoms with E-state index < -0.39 is 5.97 Å². The van der Waals surface area contributed by atoms with Crippen molar-refractivity contribution in [2.24, 2.45) is 0 Å². The van der Waals surface area contributed by atoms with E-state index in [9.17, 15) is 9.90 Å². The van der Waals surface area contributed by atoms with Crippen molar-refractivity contribution in [3.05, 3.63) is 65.7 Å². The van der Waals surface area contributed by atoms with Crippen LogP contribution in [0.1, 0.15) is 41.5 Å². The maximum absolute atomic E-state index is 11.7. The largest absolute Gasteiger partial charge is 0.478 e. The van der Waals surface area contributed by atoms with Crippen LogP contribution >= 0.6 is 0 Å². The molecule has 7 heteroatoms. The zero-order chi connectivity index (χ0) is 19.7. The zero-order valence-corrected chi connectivity index (χ0v) is 15.5. The molecular weight excluding hydrogens is 354 g/mol. The number of aromatic nitrogens is 5.